The molecule has 1 aliphatic rings. The van der Waals surface area contributed by atoms with Gasteiger partial charge in [-0.25, -0.2) is 0 Å². The Kier molecular flexibility index (Phi) is 4.47. The van der Waals surface area contributed by atoms with Gasteiger partial charge in [-0.2, -0.15) is 0 Å². The van der Waals surface area contributed by atoms with Gasteiger partial charge in [-0.1, -0.05) is 10.3 Å². The minimum absolute atomic E-state index is 0.0991. The van der Waals surface area contributed by atoms with Crippen LogP contribution in [0.25, 0.3) is 11.3 Å². The molecule has 0 saturated carbocycles. The van der Waals surface area contributed by atoms with Crippen LogP contribution >= 0.6 is 0 Å². The predicted octanol–water partition coefficient (Wildman–Crippen LogP) is 2.75. The minimum Gasteiger partial charge on any atom is -0.361 e. The maximum Gasteiger partial charge on any atom is 0.292 e. The standard InChI is InChI=1S/C19H21N5O3/c1-11-6-17(27-22-11)19(25)24-5-4-14(10-24)7-15-8-21-16(9-20-15)18-12(2)23-26-13(18)3/h6,8-9,14H,4-5,7,10H2,1-3H3. The molecule has 1 saturated heterocycles. The van der Waals surface area contributed by atoms with Gasteiger partial charge in [0.05, 0.1) is 34.5 Å². The van der Waals surface area contributed by atoms with Crippen molar-refractivity contribution in [1.82, 2.24) is 25.2 Å². The van der Waals surface area contributed by atoms with Crippen molar-refractivity contribution < 1.29 is 13.8 Å². The van der Waals surface area contributed by atoms with E-state index in [1.807, 2.05) is 18.7 Å². The monoisotopic (exact) mass is 367 g/mol. The Hall–Kier alpha value is -3.03. The van der Waals surface area contributed by atoms with E-state index in [0.717, 1.165) is 41.2 Å². The summed E-state index contributed by atoms with van der Waals surface area (Å²) in [6.07, 6.45) is 5.28. The van der Waals surface area contributed by atoms with E-state index in [1.165, 1.54) is 0 Å². The minimum atomic E-state index is -0.0991. The summed E-state index contributed by atoms with van der Waals surface area (Å²) in [5.41, 5.74) is 4.10. The molecule has 1 aliphatic heterocycles. The lowest BCUT2D eigenvalue weighted by Gasteiger charge is -2.14. The molecule has 0 bridgehead atoms. The number of carbonyl (C=O) groups is 1. The molecule has 1 fully saturated rings. The third-order valence-electron chi connectivity index (χ3n) is 4.90. The summed E-state index contributed by atoms with van der Waals surface area (Å²) in [7, 11) is 0. The zero-order valence-electron chi connectivity index (χ0n) is 15.6. The molecule has 0 aliphatic carbocycles. The van der Waals surface area contributed by atoms with E-state index in [1.54, 1.807) is 25.4 Å². The van der Waals surface area contributed by atoms with Gasteiger partial charge < -0.3 is 13.9 Å². The molecular weight excluding hydrogens is 346 g/mol. The highest BCUT2D eigenvalue weighted by atomic mass is 16.5. The molecule has 4 rings (SSSR count). The topological polar surface area (TPSA) is 98.2 Å². The van der Waals surface area contributed by atoms with Gasteiger partial charge in [0.2, 0.25) is 5.76 Å². The molecule has 0 spiro atoms. The lowest BCUT2D eigenvalue weighted by Crippen LogP contribution is -2.28. The SMILES string of the molecule is Cc1cc(C(=O)N2CCC(Cc3cnc(-c4c(C)noc4C)cn3)C2)on1. The van der Waals surface area contributed by atoms with E-state index < -0.39 is 0 Å². The summed E-state index contributed by atoms with van der Waals surface area (Å²) in [4.78, 5) is 23.3. The lowest BCUT2D eigenvalue weighted by molar-refractivity contribution is 0.0745. The fourth-order valence-electron chi connectivity index (χ4n) is 3.54. The van der Waals surface area contributed by atoms with E-state index in [9.17, 15) is 4.79 Å². The molecule has 4 heterocycles. The first kappa shape index (κ1) is 17.4. The van der Waals surface area contributed by atoms with E-state index >= 15 is 0 Å². The van der Waals surface area contributed by atoms with Crippen molar-refractivity contribution in [2.45, 2.75) is 33.6 Å². The molecular formula is C19H21N5O3. The maximum absolute atomic E-state index is 12.4. The summed E-state index contributed by atoms with van der Waals surface area (Å²) in [5, 5.41) is 7.74. The normalized spacial score (nSPS) is 16.9. The summed E-state index contributed by atoms with van der Waals surface area (Å²) in [5.74, 6) is 1.30. The van der Waals surface area contributed by atoms with Crippen LogP contribution in [-0.2, 0) is 6.42 Å². The van der Waals surface area contributed by atoms with E-state index in [-0.39, 0.29) is 5.91 Å². The molecule has 0 aromatic carbocycles. The van der Waals surface area contributed by atoms with E-state index in [4.69, 9.17) is 9.05 Å². The van der Waals surface area contributed by atoms with Crippen molar-refractivity contribution in [3.63, 3.8) is 0 Å². The highest BCUT2D eigenvalue weighted by molar-refractivity contribution is 5.91. The predicted molar refractivity (Wildman–Crippen MR) is 96.0 cm³/mol. The Labute approximate surface area is 156 Å². The second kappa shape index (κ2) is 6.94. The lowest BCUT2D eigenvalue weighted by atomic mass is 10.0. The molecule has 1 atom stereocenters. The summed E-state index contributed by atoms with van der Waals surface area (Å²) in [6, 6.07) is 1.68. The van der Waals surface area contributed by atoms with Crippen molar-refractivity contribution in [2.75, 3.05) is 13.1 Å². The number of rotatable bonds is 4. The van der Waals surface area contributed by atoms with Crippen molar-refractivity contribution in [1.29, 1.82) is 0 Å². The van der Waals surface area contributed by atoms with Crippen molar-refractivity contribution in [2.24, 2.45) is 5.92 Å². The third kappa shape index (κ3) is 3.47. The summed E-state index contributed by atoms with van der Waals surface area (Å²) >= 11 is 0. The Morgan fingerprint density at radius 3 is 2.67 bits per heavy atom. The second-order valence-corrected chi connectivity index (χ2v) is 7.03. The van der Waals surface area contributed by atoms with Crippen molar-refractivity contribution in [3.05, 3.63) is 47.1 Å². The van der Waals surface area contributed by atoms with E-state index in [0.29, 0.717) is 30.5 Å². The highest BCUT2D eigenvalue weighted by Gasteiger charge is 2.29. The van der Waals surface area contributed by atoms with Gasteiger partial charge in [0.1, 0.15) is 5.76 Å². The van der Waals surface area contributed by atoms with Crippen LogP contribution in [0.3, 0.4) is 0 Å². The number of hydrogen-bond acceptors (Lipinski definition) is 7. The largest absolute Gasteiger partial charge is 0.361 e. The van der Waals surface area contributed by atoms with Crippen LogP contribution in [0.15, 0.2) is 27.5 Å². The molecule has 0 N–H and O–H groups in total. The first-order valence-electron chi connectivity index (χ1n) is 8.98. The van der Waals surface area contributed by atoms with Crippen LogP contribution in [0, 0.1) is 26.7 Å². The number of aromatic nitrogens is 4. The average Bonchev–Trinajstić information content (AvgIpc) is 3.37. The average molecular weight is 367 g/mol. The molecule has 1 unspecified atom stereocenters. The maximum atomic E-state index is 12.4. The van der Waals surface area contributed by atoms with Crippen molar-refractivity contribution in [3.8, 4) is 11.3 Å². The molecule has 3 aromatic rings. The Bertz CT molecular complexity index is 941. The van der Waals surface area contributed by atoms with E-state index in [2.05, 4.69) is 20.3 Å². The van der Waals surface area contributed by atoms with Crippen LogP contribution in [0.2, 0.25) is 0 Å². The fraction of sp³-hybridized carbons (Fsp3) is 0.421. The molecule has 8 heteroatoms. The van der Waals surface area contributed by atoms with Gasteiger partial charge in [-0.3, -0.25) is 14.8 Å². The number of aryl methyl sites for hydroxylation is 3. The van der Waals surface area contributed by atoms with Crippen LogP contribution < -0.4 is 0 Å². The van der Waals surface area contributed by atoms with Crippen molar-refractivity contribution >= 4 is 5.91 Å². The van der Waals surface area contributed by atoms with Gasteiger partial charge in [0.15, 0.2) is 0 Å². The zero-order valence-corrected chi connectivity index (χ0v) is 15.6. The van der Waals surface area contributed by atoms with Gasteiger partial charge in [0, 0.05) is 25.4 Å². The number of hydrogen-bond donors (Lipinski definition) is 0. The molecule has 140 valence electrons. The summed E-state index contributed by atoms with van der Waals surface area (Å²) < 4.78 is 10.3. The van der Waals surface area contributed by atoms with Crippen LogP contribution in [0.4, 0.5) is 0 Å². The smallest absolute Gasteiger partial charge is 0.292 e. The van der Waals surface area contributed by atoms with Gasteiger partial charge in [-0.15, -0.1) is 0 Å². The Morgan fingerprint density at radius 1 is 1.19 bits per heavy atom. The van der Waals surface area contributed by atoms with Gasteiger partial charge in [-0.05, 0) is 39.5 Å². The number of carbonyl (C=O) groups excluding carboxylic acids is 1. The van der Waals surface area contributed by atoms with Crippen LogP contribution in [-0.4, -0.2) is 44.2 Å². The second-order valence-electron chi connectivity index (χ2n) is 7.03. The first-order valence-corrected chi connectivity index (χ1v) is 8.98. The fourth-order valence-corrected chi connectivity index (χ4v) is 3.54. The number of amides is 1. The van der Waals surface area contributed by atoms with Gasteiger partial charge >= 0.3 is 0 Å². The molecule has 3 aromatic heterocycles. The number of likely N-dealkylation sites (tertiary alicyclic amines) is 1. The quantitative estimate of drug-likeness (QED) is 0.699. The zero-order chi connectivity index (χ0) is 19.0. The molecule has 27 heavy (non-hydrogen) atoms. The Morgan fingerprint density at radius 2 is 2.04 bits per heavy atom. The first-order chi connectivity index (χ1) is 13.0. The molecule has 8 nitrogen and oxygen atoms in total. The Balaban J connectivity index is 1.39. The molecule has 0 radical (unpaired) electrons. The van der Waals surface area contributed by atoms with Crippen LogP contribution in [0.5, 0.6) is 0 Å². The van der Waals surface area contributed by atoms with Crippen LogP contribution in [0.1, 0.15) is 39.8 Å². The third-order valence-corrected chi connectivity index (χ3v) is 4.90. The summed E-state index contributed by atoms with van der Waals surface area (Å²) in [6.45, 7) is 6.96. The highest BCUT2D eigenvalue weighted by Crippen LogP contribution is 2.25. The number of nitrogens with zero attached hydrogens (tertiary/aromatic N) is 5. The van der Waals surface area contributed by atoms with Gasteiger partial charge in [0.25, 0.3) is 5.91 Å². The molecule has 1 amide bonds.